The molecule has 0 spiro atoms. The van der Waals surface area contributed by atoms with Crippen LogP contribution in [-0.2, 0) is 9.47 Å². The van der Waals surface area contributed by atoms with Gasteiger partial charge in [0, 0.05) is 21.8 Å². The number of rotatable bonds is 2. The third-order valence-corrected chi connectivity index (χ3v) is 4.71. The second-order valence-corrected chi connectivity index (χ2v) is 5.66. The van der Waals surface area contributed by atoms with Crippen LogP contribution < -0.4 is 0 Å². The number of hydrogen-bond acceptors (Lipinski definition) is 4. The van der Waals surface area contributed by atoms with E-state index in [-0.39, 0.29) is 17.0 Å². The first-order valence-electron chi connectivity index (χ1n) is 6.06. The molecule has 0 radical (unpaired) electrons. The van der Waals surface area contributed by atoms with Gasteiger partial charge >= 0.3 is 0 Å². The summed E-state index contributed by atoms with van der Waals surface area (Å²) >= 11 is 1.68. The Hall–Kier alpha value is -1.68. The minimum Gasteiger partial charge on any atom is -0.500 e. The zero-order valence-electron chi connectivity index (χ0n) is 10.8. The quantitative estimate of drug-likeness (QED) is 0.830. The number of Topliss-reactive ketones (excluding diaryl/α,β-unsaturated/α-hetero) is 1. The van der Waals surface area contributed by atoms with Crippen LogP contribution in [0.5, 0.6) is 0 Å². The molecule has 3 rings (SSSR count). The van der Waals surface area contributed by atoms with E-state index in [9.17, 15) is 4.79 Å². The summed E-state index contributed by atoms with van der Waals surface area (Å²) in [6, 6.07) is 7.71. The molecule has 4 heteroatoms. The summed E-state index contributed by atoms with van der Waals surface area (Å²) in [4.78, 5) is 13.6. The standard InChI is InChI=1S/C15H14O3S/c1-17-9-7-11(18-2)14-13(8-9)19-12-6-4-3-5-10(12)15(14)16/h3-8,13-14H,1-2H3. The van der Waals surface area contributed by atoms with E-state index >= 15 is 0 Å². The second kappa shape index (κ2) is 4.78. The van der Waals surface area contributed by atoms with Gasteiger partial charge in [0.2, 0.25) is 0 Å². The average Bonchev–Trinajstić information content (AvgIpc) is 2.46. The Bertz CT molecular complexity index is 589. The number of hydrogen-bond donors (Lipinski definition) is 0. The molecule has 2 atom stereocenters. The number of ether oxygens (including phenoxy) is 2. The first-order valence-corrected chi connectivity index (χ1v) is 6.94. The Balaban J connectivity index is 2.08. The molecule has 0 saturated heterocycles. The minimum atomic E-state index is -0.246. The van der Waals surface area contributed by atoms with Crippen molar-refractivity contribution in [1.82, 2.24) is 0 Å². The molecule has 1 aromatic carbocycles. The van der Waals surface area contributed by atoms with Gasteiger partial charge in [-0.3, -0.25) is 4.79 Å². The van der Waals surface area contributed by atoms with Gasteiger partial charge < -0.3 is 9.47 Å². The molecule has 1 aliphatic heterocycles. The predicted molar refractivity (Wildman–Crippen MR) is 74.1 cm³/mol. The van der Waals surface area contributed by atoms with Crippen LogP contribution in [0.4, 0.5) is 0 Å². The molecule has 2 unspecified atom stereocenters. The molecule has 98 valence electrons. The average molecular weight is 274 g/mol. The van der Waals surface area contributed by atoms with Gasteiger partial charge in [-0.2, -0.15) is 0 Å². The molecule has 1 aliphatic carbocycles. The molecule has 2 aliphatic rings. The first-order chi connectivity index (χ1) is 9.24. The number of carbonyl (C=O) groups excluding carboxylic acids is 1. The lowest BCUT2D eigenvalue weighted by Gasteiger charge is -2.33. The number of fused-ring (bicyclic) bond motifs is 2. The summed E-state index contributed by atoms with van der Waals surface area (Å²) in [5, 5.41) is 0.0392. The number of benzene rings is 1. The Morgan fingerprint density at radius 2 is 1.95 bits per heavy atom. The SMILES string of the molecule is COC1=CC2Sc3ccccc3C(=O)C2C(OC)=C1. The fraction of sp³-hybridized carbons (Fsp3) is 0.267. The van der Waals surface area contributed by atoms with Gasteiger partial charge in [-0.05, 0) is 12.1 Å². The lowest BCUT2D eigenvalue weighted by Crippen LogP contribution is -2.33. The van der Waals surface area contributed by atoms with Crippen molar-refractivity contribution >= 4 is 17.5 Å². The van der Waals surface area contributed by atoms with Crippen LogP contribution in [0.1, 0.15) is 10.4 Å². The molecule has 19 heavy (non-hydrogen) atoms. The van der Waals surface area contributed by atoms with E-state index < -0.39 is 0 Å². The number of ketones is 1. The maximum absolute atomic E-state index is 12.6. The second-order valence-electron chi connectivity index (χ2n) is 4.44. The molecule has 1 aromatic rings. The summed E-state index contributed by atoms with van der Waals surface area (Å²) in [7, 11) is 3.22. The predicted octanol–water partition coefficient (Wildman–Crippen LogP) is 3.03. The summed E-state index contributed by atoms with van der Waals surface area (Å²) in [5.74, 6) is 1.30. The van der Waals surface area contributed by atoms with Crippen LogP contribution >= 0.6 is 11.8 Å². The van der Waals surface area contributed by atoms with Crippen molar-refractivity contribution in [1.29, 1.82) is 0 Å². The van der Waals surface area contributed by atoms with Crippen LogP contribution in [0.2, 0.25) is 0 Å². The van der Waals surface area contributed by atoms with Crippen LogP contribution in [0, 0.1) is 5.92 Å². The molecule has 0 saturated carbocycles. The highest BCUT2D eigenvalue weighted by atomic mass is 32.2. The first kappa shape index (κ1) is 12.4. The number of thioether (sulfide) groups is 1. The zero-order valence-corrected chi connectivity index (χ0v) is 11.6. The lowest BCUT2D eigenvalue weighted by molar-refractivity contribution is 0.0891. The largest absolute Gasteiger partial charge is 0.500 e. The van der Waals surface area contributed by atoms with E-state index in [2.05, 4.69) is 0 Å². The monoisotopic (exact) mass is 274 g/mol. The van der Waals surface area contributed by atoms with Gasteiger partial charge in [-0.25, -0.2) is 0 Å². The van der Waals surface area contributed by atoms with Crippen molar-refractivity contribution in [2.45, 2.75) is 10.1 Å². The molecule has 0 amide bonds. The van der Waals surface area contributed by atoms with Crippen molar-refractivity contribution < 1.29 is 14.3 Å². The van der Waals surface area contributed by atoms with E-state index in [1.807, 2.05) is 30.3 Å². The van der Waals surface area contributed by atoms with Gasteiger partial charge in [0.15, 0.2) is 5.78 Å². The third kappa shape index (κ3) is 1.96. The maximum atomic E-state index is 12.6. The van der Waals surface area contributed by atoms with Gasteiger partial charge in [0.25, 0.3) is 0 Å². The molecule has 0 aromatic heterocycles. The van der Waals surface area contributed by atoms with Crippen LogP contribution in [0.25, 0.3) is 0 Å². The van der Waals surface area contributed by atoms with Crippen LogP contribution in [0.15, 0.2) is 52.8 Å². The van der Waals surface area contributed by atoms with E-state index in [0.29, 0.717) is 5.76 Å². The highest BCUT2D eigenvalue weighted by Crippen LogP contribution is 2.44. The van der Waals surface area contributed by atoms with Crippen molar-refractivity contribution in [3.05, 3.63) is 53.5 Å². The zero-order chi connectivity index (χ0) is 13.4. The highest BCUT2D eigenvalue weighted by molar-refractivity contribution is 8.00. The van der Waals surface area contributed by atoms with Gasteiger partial charge in [-0.15, -0.1) is 11.8 Å². The Labute approximate surface area is 116 Å². The van der Waals surface area contributed by atoms with E-state index in [0.717, 1.165) is 16.2 Å². The lowest BCUT2D eigenvalue weighted by atomic mass is 9.88. The fourth-order valence-corrected chi connectivity index (χ4v) is 3.82. The fourth-order valence-electron chi connectivity index (χ4n) is 2.48. The highest BCUT2D eigenvalue weighted by Gasteiger charge is 2.40. The van der Waals surface area contributed by atoms with Crippen LogP contribution in [0.3, 0.4) is 0 Å². The Kier molecular flexibility index (Phi) is 3.11. The number of allylic oxidation sites excluding steroid dienone is 2. The summed E-state index contributed by atoms with van der Waals surface area (Å²) in [6.07, 6.45) is 3.79. The minimum absolute atomic E-state index is 0.0392. The molecule has 0 N–H and O–H groups in total. The normalized spacial score (nSPS) is 24.8. The van der Waals surface area contributed by atoms with Crippen molar-refractivity contribution in [3.63, 3.8) is 0 Å². The van der Waals surface area contributed by atoms with Crippen molar-refractivity contribution in [2.75, 3.05) is 14.2 Å². The number of methoxy groups -OCH3 is 2. The maximum Gasteiger partial charge on any atom is 0.176 e. The molecule has 0 fully saturated rings. The molecule has 0 bridgehead atoms. The molecular formula is C15H14O3S. The van der Waals surface area contributed by atoms with Gasteiger partial charge in [0.05, 0.1) is 20.1 Å². The number of carbonyl (C=O) groups is 1. The third-order valence-electron chi connectivity index (χ3n) is 3.42. The van der Waals surface area contributed by atoms with Gasteiger partial charge in [-0.1, -0.05) is 18.2 Å². The Morgan fingerprint density at radius 1 is 1.16 bits per heavy atom. The molecule has 1 heterocycles. The smallest absolute Gasteiger partial charge is 0.176 e. The molecular weight excluding hydrogens is 260 g/mol. The van der Waals surface area contributed by atoms with Gasteiger partial charge in [0.1, 0.15) is 11.5 Å². The summed E-state index contributed by atoms with van der Waals surface area (Å²) in [5.41, 5.74) is 0.783. The van der Waals surface area contributed by atoms with Crippen molar-refractivity contribution in [2.24, 2.45) is 5.92 Å². The van der Waals surface area contributed by atoms with Crippen molar-refractivity contribution in [3.8, 4) is 0 Å². The molecule has 3 nitrogen and oxygen atoms in total. The topological polar surface area (TPSA) is 35.5 Å². The Morgan fingerprint density at radius 3 is 2.68 bits per heavy atom. The van der Waals surface area contributed by atoms with E-state index in [1.165, 1.54) is 0 Å². The van der Waals surface area contributed by atoms with Crippen LogP contribution in [-0.4, -0.2) is 25.3 Å². The summed E-state index contributed by atoms with van der Waals surface area (Å²) in [6.45, 7) is 0. The summed E-state index contributed by atoms with van der Waals surface area (Å²) < 4.78 is 10.7. The van der Waals surface area contributed by atoms with E-state index in [1.54, 1.807) is 32.1 Å². The van der Waals surface area contributed by atoms with E-state index in [4.69, 9.17) is 9.47 Å².